The molecule has 3 aliphatic rings. The summed E-state index contributed by atoms with van der Waals surface area (Å²) in [7, 11) is -2.63. The Morgan fingerprint density at radius 3 is 1.42 bits per heavy atom. The highest BCUT2D eigenvalue weighted by molar-refractivity contribution is 9.10. The third-order valence-electron chi connectivity index (χ3n) is 15.4. The number of rotatable bonds is 20. The van der Waals surface area contributed by atoms with Crippen molar-refractivity contribution in [2.75, 3.05) is 89.6 Å². The van der Waals surface area contributed by atoms with Gasteiger partial charge in [0.05, 0.1) is 43.2 Å². The molecule has 0 radical (unpaired) electrons. The number of carbonyl (C=O) groups excluding carboxylic acids is 2. The van der Waals surface area contributed by atoms with Crippen molar-refractivity contribution in [3.05, 3.63) is 61.5 Å². The molecule has 0 bridgehead atoms. The molecule has 0 aliphatic carbocycles. The molecule has 2 aromatic heterocycles. The van der Waals surface area contributed by atoms with Crippen LogP contribution >= 0.6 is 15.9 Å². The van der Waals surface area contributed by atoms with Crippen molar-refractivity contribution in [3.63, 3.8) is 0 Å². The molecule has 3 fully saturated rings. The zero-order valence-corrected chi connectivity index (χ0v) is 57.6. The fourth-order valence-corrected chi connectivity index (χ4v) is 10.8. The van der Waals surface area contributed by atoms with Gasteiger partial charge in [-0.15, -0.1) is 0 Å². The van der Waals surface area contributed by atoms with Crippen molar-refractivity contribution in [3.8, 4) is 0 Å². The Morgan fingerprint density at radius 1 is 0.628 bits per heavy atom. The average Bonchev–Trinajstić information content (AvgIpc) is 3.51. The number of piperazine rings is 2. The molecular weight excluding hydrogens is 1120 g/mol. The van der Waals surface area contributed by atoms with Crippen molar-refractivity contribution < 1.29 is 37.2 Å². The SMILES string of the molecule is CC1(C)OB(/C=C/CO[Si](C)(C)C(C)(C)C)OC1(C)C.CN1CCN(c2nc(/C=C/CO[Si](C)(C)C(C)(C)C)cn(COCC[Si](C)(C)C)c2=O)CC1=O.CN1CCN(c2nc(Br)cn(COCC[Si](C)(C)C)c2=O)CC1=O. The summed E-state index contributed by atoms with van der Waals surface area (Å²) < 4.78 is 39.3. The smallest absolute Gasteiger partial charge is 0.413 e. The van der Waals surface area contributed by atoms with Crippen LogP contribution in [0.2, 0.25) is 87.6 Å². The Kier molecular flexibility index (Phi) is 25.1. The summed E-state index contributed by atoms with van der Waals surface area (Å²) in [4.78, 5) is 65.7. The fourth-order valence-electron chi connectivity index (χ4n) is 6.93. The van der Waals surface area contributed by atoms with Crippen LogP contribution in [0.4, 0.5) is 11.6 Å². The summed E-state index contributed by atoms with van der Waals surface area (Å²) in [5.41, 5.74) is -0.373. The zero-order chi connectivity index (χ0) is 59.5. The first-order valence-corrected chi connectivity index (χ1v) is 41.6. The third-order valence-corrected chi connectivity index (χ3v) is 28.2. The molecule has 78 heavy (non-hydrogen) atoms. The number of anilines is 2. The van der Waals surface area contributed by atoms with Crippen molar-refractivity contribution >= 4 is 85.4 Å². The summed E-state index contributed by atoms with van der Waals surface area (Å²) in [6.07, 6.45) is 9.19. The van der Waals surface area contributed by atoms with Gasteiger partial charge >= 0.3 is 7.12 Å². The number of carbonyl (C=O) groups is 2. The number of nitrogens with zero attached hydrogens (tertiary/aromatic N) is 8. The van der Waals surface area contributed by atoms with E-state index in [2.05, 4.69) is 161 Å². The lowest BCUT2D eigenvalue weighted by Crippen LogP contribution is -2.50. The van der Waals surface area contributed by atoms with E-state index in [1.165, 1.54) is 4.57 Å². The van der Waals surface area contributed by atoms with Gasteiger partial charge in [-0.3, -0.25) is 28.3 Å². The minimum Gasteiger partial charge on any atom is -0.413 e. The van der Waals surface area contributed by atoms with Crippen LogP contribution in [0.3, 0.4) is 0 Å². The first kappa shape index (κ1) is 69.2. The van der Waals surface area contributed by atoms with Gasteiger partial charge in [-0.05, 0) is 98.1 Å². The van der Waals surface area contributed by atoms with Gasteiger partial charge in [0.2, 0.25) is 11.8 Å². The van der Waals surface area contributed by atoms with E-state index in [0.717, 1.165) is 12.1 Å². The van der Waals surface area contributed by atoms with E-state index in [-0.39, 0.29) is 77.9 Å². The number of aromatic nitrogens is 4. The topological polar surface area (TPSA) is 172 Å². The Labute approximate surface area is 481 Å². The highest BCUT2D eigenvalue weighted by atomic mass is 79.9. The second kappa shape index (κ2) is 28.3. The number of likely N-dealkylation sites (N-methyl/N-ethyl adjacent to an activating group) is 2. The molecule has 0 atom stereocenters. The Bertz CT molecular complexity index is 2470. The highest BCUT2D eigenvalue weighted by Gasteiger charge is 2.50. The van der Waals surface area contributed by atoms with Crippen molar-refractivity contribution in [1.29, 1.82) is 0 Å². The summed E-state index contributed by atoms with van der Waals surface area (Å²) in [6, 6.07) is 2.08. The van der Waals surface area contributed by atoms with Crippen molar-refractivity contribution in [1.82, 2.24) is 28.9 Å². The lowest BCUT2D eigenvalue weighted by molar-refractivity contribution is -0.130. The van der Waals surface area contributed by atoms with Gasteiger partial charge in [-0.2, -0.15) is 0 Å². The van der Waals surface area contributed by atoms with Gasteiger partial charge in [0, 0.05) is 82.0 Å². The quantitative estimate of drug-likeness (QED) is 0.0906. The summed E-state index contributed by atoms with van der Waals surface area (Å²) in [6.45, 7) is 49.7. The molecule has 3 aliphatic heterocycles. The molecule has 5 heterocycles. The molecule has 0 aromatic carbocycles. The number of hydrogen-bond donors (Lipinski definition) is 0. The van der Waals surface area contributed by atoms with Gasteiger partial charge in [-0.25, -0.2) is 9.97 Å². The van der Waals surface area contributed by atoms with Gasteiger partial charge in [-0.1, -0.05) is 99.0 Å². The predicted molar refractivity (Wildman–Crippen MR) is 333 cm³/mol. The molecule has 442 valence electrons. The standard InChI is InChI=1S/C24H44N4O4Si2.C15H31BO3Si.C15H25BrN4O3Si/c1-24(2,3)34(8,9)32-14-10-11-20-17-28(19-31-15-16-33(5,6)7)23(30)22(25-20)27-13-12-26(4)21(29)18-27;1-13(2,3)20(8,9)17-12-10-11-16-18-14(4,5)15(6,7)19-16;1-18-5-6-19(10-13(18)21)14-15(22)20(9-12(16)17-14)11-23-7-8-24(2,3)4/h10-11,17H,12-16,18-19H2,1-9H3;10-11H,12H2,1-9H3;9H,5-8,10-11H2,1-4H3/b2*11-10+;. The molecule has 0 N–H and O–H groups in total. The number of halogens is 1. The van der Waals surface area contributed by atoms with Gasteiger partial charge in [0.15, 0.2) is 28.3 Å². The Hall–Kier alpha value is -3.05. The predicted octanol–water partition coefficient (Wildman–Crippen LogP) is 9.66. The van der Waals surface area contributed by atoms with Crippen LogP contribution in [0.1, 0.15) is 74.9 Å². The van der Waals surface area contributed by atoms with E-state index >= 15 is 0 Å². The minimum absolute atomic E-state index is 0.0136. The Balaban J connectivity index is 0.000000321. The van der Waals surface area contributed by atoms with Crippen LogP contribution in [0, 0.1) is 0 Å². The fraction of sp³-hybridized carbons (Fsp3) is 0.741. The molecular formula is C54H100BBrN8O10Si4. The lowest BCUT2D eigenvalue weighted by Gasteiger charge is -2.35. The maximum Gasteiger partial charge on any atom is 0.486 e. The second-order valence-electron chi connectivity index (χ2n) is 27.2. The average molecular weight is 1220 g/mol. The van der Waals surface area contributed by atoms with E-state index in [4.69, 9.17) is 27.6 Å². The summed E-state index contributed by atoms with van der Waals surface area (Å²) in [5, 5.41) is 0.381. The first-order valence-electron chi connectivity index (χ1n) is 27.5. The monoisotopic (exact) mass is 1220 g/mol. The maximum absolute atomic E-state index is 13.2. The molecule has 18 nitrogen and oxygen atoms in total. The second-order valence-corrected chi connectivity index (χ2v) is 48.9. The zero-order valence-electron chi connectivity index (χ0n) is 52.0. The van der Waals surface area contributed by atoms with Gasteiger partial charge in [0.25, 0.3) is 11.1 Å². The van der Waals surface area contributed by atoms with Crippen LogP contribution in [0.5, 0.6) is 0 Å². The van der Waals surface area contributed by atoms with Crippen LogP contribution in [-0.2, 0) is 50.7 Å². The lowest BCUT2D eigenvalue weighted by atomic mass is 9.90. The van der Waals surface area contributed by atoms with E-state index in [1.54, 1.807) is 50.7 Å². The van der Waals surface area contributed by atoms with Crippen LogP contribution in [-0.4, -0.2) is 172 Å². The number of hydrogen-bond acceptors (Lipinski definition) is 14. The summed E-state index contributed by atoms with van der Waals surface area (Å²) >= 11 is 3.34. The molecule has 3 saturated heterocycles. The van der Waals surface area contributed by atoms with Crippen LogP contribution in [0.25, 0.3) is 6.08 Å². The first-order chi connectivity index (χ1) is 35.6. The molecule has 2 aromatic rings. The number of ether oxygens (including phenoxy) is 2. The third kappa shape index (κ3) is 21.7. The van der Waals surface area contributed by atoms with Crippen molar-refractivity contribution in [2.45, 2.75) is 182 Å². The van der Waals surface area contributed by atoms with E-state index < -0.39 is 32.8 Å². The normalized spacial score (nSPS) is 17.8. The highest BCUT2D eigenvalue weighted by Crippen LogP contribution is 2.39. The molecule has 24 heteroatoms. The largest absolute Gasteiger partial charge is 0.486 e. The molecule has 0 saturated carbocycles. The maximum atomic E-state index is 13.2. The Morgan fingerprint density at radius 2 is 1.03 bits per heavy atom. The minimum atomic E-state index is -1.85. The molecule has 5 rings (SSSR count). The molecule has 0 spiro atoms. The van der Waals surface area contributed by atoms with E-state index in [9.17, 15) is 19.2 Å². The van der Waals surface area contributed by atoms with E-state index in [0.29, 0.717) is 74.5 Å². The molecule has 0 unspecified atom stereocenters. The summed E-state index contributed by atoms with van der Waals surface area (Å²) in [5.74, 6) is 2.51. The number of amides is 2. The van der Waals surface area contributed by atoms with Gasteiger partial charge < -0.3 is 47.2 Å². The van der Waals surface area contributed by atoms with E-state index in [1.807, 2.05) is 24.2 Å². The molecule has 2 amide bonds. The van der Waals surface area contributed by atoms with Crippen LogP contribution < -0.4 is 20.9 Å². The van der Waals surface area contributed by atoms with Gasteiger partial charge in [0.1, 0.15) is 18.1 Å². The van der Waals surface area contributed by atoms with Crippen LogP contribution in [0.15, 0.2) is 44.7 Å². The van der Waals surface area contributed by atoms with Crippen molar-refractivity contribution in [2.24, 2.45) is 0 Å².